The van der Waals surface area contributed by atoms with E-state index < -0.39 is 0 Å². The van der Waals surface area contributed by atoms with E-state index in [1.807, 2.05) is 26.0 Å². The lowest BCUT2D eigenvalue weighted by Gasteiger charge is -2.24. The molecule has 0 aliphatic heterocycles. The lowest BCUT2D eigenvalue weighted by Crippen LogP contribution is -2.11. The average molecular weight is 194 g/mol. The maximum atomic E-state index is 3.66. The molecule has 0 nitrogen and oxygen atoms in total. The number of hydrogen-bond acceptors (Lipinski definition) is 0. The summed E-state index contributed by atoms with van der Waals surface area (Å²) in [5, 5.41) is 0. The molecule has 0 heterocycles. The summed E-state index contributed by atoms with van der Waals surface area (Å²) in [4.78, 5) is 0. The zero-order chi connectivity index (χ0) is 11.6. The highest BCUT2D eigenvalue weighted by atomic mass is 14.2. The van der Waals surface area contributed by atoms with Crippen LogP contribution >= 0.6 is 0 Å². The number of allylic oxidation sites excluding steroid dienone is 5. The molecular weight excluding hydrogens is 168 g/mol. The quantitative estimate of drug-likeness (QED) is 0.544. The second-order valence-electron chi connectivity index (χ2n) is 3.58. The van der Waals surface area contributed by atoms with Crippen LogP contribution < -0.4 is 0 Å². The second kappa shape index (κ2) is 8.80. The molecule has 0 aromatic rings. The summed E-state index contributed by atoms with van der Waals surface area (Å²) in [5.41, 5.74) is 1.67. The van der Waals surface area contributed by atoms with Crippen LogP contribution in [-0.4, -0.2) is 0 Å². The average Bonchev–Trinajstić information content (AvgIpc) is 2.22. The third-order valence-electron chi connectivity index (χ3n) is 2.39. The summed E-state index contributed by atoms with van der Waals surface area (Å²) in [6.07, 6.45) is 9.27. The number of hydrogen-bond donors (Lipinski definition) is 0. The summed E-state index contributed by atoms with van der Waals surface area (Å²) in [6.45, 7) is 16.5. The summed E-state index contributed by atoms with van der Waals surface area (Å²) in [6, 6.07) is 0. The standard InChI is InChI=1S/C12H20.C2H6/c1-6-9-10-11(7-2)12(4,5)8-3;1-2/h6-7,9-10H,1,8H2,2-5H3;1-2H3/b10-9-,11-7+;. The van der Waals surface area contributed by atoms with Crippen molar-refractivity contribution in [2.24, 2.45) is 5.41 Å². The minimum Gasteiger partial charge on any atom is -0.0991 e. The Bertz CT molecular complexity index is 192. The van der Waals surface area contributed by atoms with Crippen LogP contribution in [0.2, 0.25) is 0 Å². The van der Waals surface area contributed by atoms with Gasteiger partial charge in [0.15, 0.2) is 0 Å². The zero-order valence-electron chi connectivity index (χ0n) is 10.7. The van der Waals surface area contributed by atoms with Crippen LogP contribution in [0.15, 0.2) is 36.5 Å². The van der Waals surface area contributed by atoms with E-state index in [1.165, 1.54) is 5.57 Å². The molecule has 0 bridgehead atoms. The van der Waals surface area contributed by atoms with Crippen molar-refractivity contribution < 1.29 is 0 Å². The molecule has 0 heteroatoms. The highest BCUT2D eigenvalue weighted by Crippen LogP contribution is 2.30. The molecule has 0 rings (SSSR count). The predicted octanol–water partition coefficient (Wildman–Crippen LogP) is 5.14. The lowest BCUT2D eigenvalue weighted by molar-refractivity contribution is 0.439. The molecular formula is C14H26. The van der Waals surface area contributed by atoms with E-state index in [1.54, 1.807) is 0 Å². The molecule has 82 valence electrons. The van der Waals surface area contributed by atoms with E-state index in [9.17, 15) is 0 Å². The van der Waals surface area contributed by atoms with Crippen LogP contribution in [0.4, 0.5) is 0 Å². The Morgan fingerprint density at radius 3 is 2.07 bits per heavy atom. The van der Waals surface area contributed by atoms with E-state index >= 15 is 0 Å². The smallest absolute Gasteiger partial charge is 0.0109 e. The van der Waals surface area contributed by atoms with Gasteiger partial charge in [-0.3, -0.25) is 0 Å². The van der Waals surface area contributed by atoms with Gasteiger partial charge in [-0.15, -0.1) is 0 Å². The van der Waals surface area contributed by atoms with Crippen LogP contribution in [0, 0.1) is 5.41 Å². The molecule has 0 aliphatic rings. The molecule has 0 saturated carbocycles. The van der Waals surface area contributed by atoms with Crippen LogP contribution in [-0.2, 0) is 0 Å². The molecule has 0 spiro atoms. The van der Waals surface area contributed by atoms with Gasteiger partial charge in [-0.25, -0.2) is 0 Å². The van der Waals surface area contributed by atoms with E-state index in [0.717, 1.165) is 6.42 Å². The van der Waals surface area contributed by atoms with Crippen LogP contribution in [0.3, 0.4) is 0 Å². The Morgan fingerprint density at radius 2 is 1.79 bits per heavy atom. The fraction of sp³-hybridized carbons (Fsp3) is 0.571. The van der Waals surface area contributed by atoms with Gasteiger partial charge in [0.2, 0.25) is 0 Å². The molecule has 0 aromatic carbocycles. The van der Waals surface area contributed by atoms with Crippen LogP contribution in [0.25, 0.3) is 0 Å². The van der Waals surface area contributed by atoms with Gasteiger partial charge < -0.3 is 0 Å². The first-order chi connectivity index (χ1) is 6.58. The fourth-order valence-corrected chi connectivity index (χ4v) is 1.09. The van der Waals surface area contributed by atoms with Crippen LogP contribution in [0.1, 0.15) is 48.0 Å². The maximum Gasteiger partial charge on any atom is -0.0109 e. The fourth-order valence-electron chi connectivity index (χ4n) is 1.09. The summed E-state index contributed by atoms with van der Waals surface area (Å²) in [5.74, 6) is 0. The van der Waals surface area contributed by atoms with Crippen LogP contribution in [0.5, 0.6) is 0 Å². The minimum atomic E-state index is 0.286. The summed E-state index contributed by atoms with van der Waals surface area (Å²) >= 11 is 0. The van der Waals surface area contributed by atoms with Gasteiger partial charge in [0.25, 0.3) is 0 Å². The molecule has 0 unspecified atom stereocenters. The Morgan fingerprint density at radius 1 is 1.29 bits per heavy atom. The van der Waals surface area contributed by atoms with Crippen molar-refractivity contribution in [3.05, 3.63) is 36.5 Å². The topological polar surface area (TPSA) is 0 Å². The first kappa shape index (κ1) is 15.7. The Kier molecular flexibility index (Phi) is 9.86. The van der Waals surface area contributed by atoms with Gasteiger partial charge in [0.05, 0.1) is 0 Å². The Balaban J connectivity index is 0. The maximum absolute atomic E-state index is 3.66. The van der Waals surface area contributed by atoms with Crippen molar-refractivity contribution in [3.63, 3.8) is 0 Å². The van der Waals surface area contributed by atoms with Crippen molar-refractivity contribution >= 4 is 0 Å². The van der Waals surface area contributed by atoms with Crippen molar-refractivity contribution in [1.29, 1.82) is 0 Å². The predicted molar refractivity (Wildman–Crippen MR) is 68.5 cm³/mol. The van der Waals surface area contributed by atoms with E-state index in [0.29, 0.717) is 0 Å². The minimum absolute atomic E-state index is 0.286. The third-order valence-corrected chi connectivity index (χ3v) is 2.39. The molecule has 0 amide bonds. The van der Waals surface area contributed by atoms with Gasteiger partial charge in [-0.05, 0) is 24.3 Å². The van der Waals surface area contributed by atoms with Crippen molar-refractivity contribution in [2.45, 2.75) is 48.0 Å². The lowest BCUT2D eigenvalue weighted by atomic mass is 9.81. The second-order valence-corrected chi connectivity index (χ2v) is 3.58. The summed E-state index contributed by atoms with van der Waals surface area (Å²) < 4.78 is 0. The van der Waals surface area contributed by atoms with Gasteiger partial charge in [0.1, 0.15) is 0 Å². The SMILES string of the molecule is C=C/C=C\C(=C/C)C(C)(C)CC.CC. The summed E-state index contributed by atoms with van der Waals surface area (Å²) in [7, 11) is 0. The molecule has 14 heavy (non-hydrogen) atoms. The van der Waals surface area contributed by atoms with Gasteiger partial charge >= 0.3 is 0 Å². The monoisotopic (exact) mass is 194 g/mol. The molecule has 0 radical (unpaired) electrons. The molecule has 0 saturated heterocycles. The number of rotatable bonds is 4. The molecule has 0 fully saturated rings. The van der Waals surface area contributed by atoms with Crippen molar-refractivity contribution in [3.8, 4) is 0 Å². The molecule has 0 N–H and O–H groups in total. The third kappa shape index (κ3) is 5.80. The highest BCUT2D eigenvalue weighted by Gasteiger charge is 2.17. The largest absolute Gasteiger partial charge is 0.0991 e. The first-order valence-corrected chi connectivity index (χ1v) is 5.54. The van der Waals surface area contributed by atoms with Crippen molar-refractivity contribution in [2.75, 3.05) is 0 Å². The Hall–Kier alpha value is -0.780. The van der Waals surface area contributed by atoms with Gasteiger partial charge in [0, 0.05) is 0 Å². The Labute approximate surface area is 90.4 Å². The molecule has 0 aliphatic carbocycles. The molecule has 0 atom stereocenters. The normalized spacial score (nSPS) is 12.3. The molecule has 0 aromatic heterocycles. The van der Waals surface area contributed by atoms with Crippen molar-refractivity contribution in [1.82, 2.24) is 0 Å². The zero-order valence-corrected chi connectivity index (χ0v) is 10.7. The first-order valence-electron chi connectivity index (χ1n) is 5.54. The van der Waals surface area contributed by atoms with E-state index in [4.69, 9.17) is 0 Å². The van der Waals surface area contributed by atoms with Gasteiger partial charge in [-0.2, -0.15) is 0 Å². The van der Waals surface area contributed by atoms with E-state index in [-0.39, 0.29) is 5.41 Å². The van der Waals surface area contributed by atoms with Gasteiger partial charge in [-0.1, -0.05) is 65.5 Å². The van der Waals surface area contributed by atoms with E-state index in [2.05, 4.69) is 46.4 Å². The highest BCUT2D eigenvalue weighted by molar-refractivity contribution is 5.26.